The van der Waals surface area contributed by atoms with Gasteiger partial charge >= 0.3 is 0 Å². The summed E-state index contributed by atoms with van der Waals surface area (Å²) < 4.78 is 5.07. The number of nitrogens with one attached hydrogen (secondary N) is 2. The first-order valence-electron chi connectivity index (χ1n) is 7.58. The molecule has 6 heteroatoms. The molecule has 0 bridgehead atoms. The molecule has 0 saturated heterocycles. The molecule has 0 aliphatic heterocycles. The van der Waals surface area contributed by atoms with E-state index in [1.54, 1.807) is 25.3 Å². The second kappa shape index (κ2) is 7.98. The molecule has 22 heavy (non-hydrogen) atoms. The normalized spacial score (nSPS) is 16.2. The molecular weight excluding hydrogens is 298 g/mol. The first kappa shape index (κ1) is 16.5. The van der Waals surface area contributed by atoms with Crippen LogP contribution in [0, 0.1) is 0 Å². The van der Waals surface area contributed by atoms with Crippen LogP contribution in [-0.2, 0) is 0 Å². The van der Waals surface area contributed by atoms with E-state index in [9.17, 15) is 5.11 Å². The van der Waals surface area contributed by atoms with Gasteiger partial charge in [0.2, 0.25) is 0 Å². The molecule has 1 aliphatic carbocycles. The Labute approximate surface area is 136 Å². The minimum Gasteiger partial charge on any atom is -0.507 e. The zero-order valence-electron chi connectivity index (χ0n) is 13.1. The minimum atomic E-state index is 0.133. The third-order valence-electron chi connectivity index (χ3n) is 3.86. The molecule has 3 N–H and O–H groups in total. The number of aromatic hydroxyl groups is 1. The zero-order chi connectivity index (χ0) is 15.9. The van der Waals surface area contributed by atoms with Crippen LogP contribution in [0.1, 0.15) is 44.6 Å². The summed E-state index contributed by atoms with van der Waals surface area (Å²) in [7, 11) is 1.56. The van der Waals surface area contributed by atoms with Crippen LogP contribution < -0.4 is 15.5 Å². The van der Waals surface area contributed by atoms with E-state index in [4.69, 9.17) is 17.0 Å². The fraction of sp³-hybridized carbons (Fsp3) is 0.500. The summed E-state index contributed by atoms with van der Waals surface area (Å²) in [6, 6.07) is 5.56. The highest BCUT2D eigenvalue weighted by molar-refractivity contribution is 7.80. The molecule has 1 fully saturated rings. The summed E-state index contributed by atoms with van der Waals surface area (Å²) in [6.07, 6.45) is 6.13. The molecule has 0 spiro atoms. The molecule has 0 unspecified atom stereocenters. The van der Waals surface area contributed by atoms with Crippen molar-refractivity contribution in [2.75, 3.05) is 7.11 Å². The lowest BCUT2D eigenvalue weighted by molar-refractivity contribution is 0.407. The summed E-state index contributed by atoms with van der Waals surface area (Å²) in [6.45, 7) is 1.82. The molecule has 120 valence electrons. The lowest BCUT2D eigenvalue weighted by atomic mass is 9.96. The van der Waals surface area contributed by atoms with E-state index in [0.29, 0.717) is 28.2 Å². The van der Waals surface area contributed by atoms with Crippen molar-refractivity contribution in [2.24, 2.45) is 5.10 Å². The number of hydrogen-bond donors (Lipinski definition) is 3. The maximum absolute atomic E-state index is 9.98. The van der Waals surface area contributed by atoms with Gasteiger partial charge in [0.05, 0.1) is 12.8 Å². The summed E-state index contributed by atoms with van der Waals surface area (Å²) in [5.74, 6) is 0.741. The van der Waals surface area contributed by atoms with E-state index >= 15 is 0 Å². The fourth-order valence-electron chi connectivity index (χ4n) is 2.60. The number of ether oxygens (including phenoxy) is 1. The molecule has 0 heterocycles. The van der Waals surface area contributed by atoms with Crippen LogP contribution in [0.2, 0.25) is 0 Å². The van der Waals surface area contributed by atoms with Crippen LogP contribution in [0.15, 0.2) is 23.3 Å². The van der Waals surface area contributed by atoms with E-state index in [0.717, 1.165) is 12.8 Å². The van der Waals surface area contributed by atoms with Crippen LogP contribution in [-0.4, -0.2) is 29.1 Å². The molecule has 0 aromatic heterocycles. The van der Waals surface area contributed by atoms with Gasteiger partial charge in [0, 0.05) is 17.7 Å². The molecule has 1 aromatic carbocycles. The summed E-state index contributed by atoms with van der Waals surface area (Å²) >= 11 is 5.26. The first-order chi connectivity index (χ1) is 10.6. The molecule has 1 aliphatic rings. The van der Waals surface area contributed by atoms with Crippen molar-refractivity contribution in [3.63, 3.8) is 0 Å². The van der Waals surface area contributed by atoms with Gasteiger partial charge in [-0.3, -0.25) is 5.43 Å². The third kappa shape index (κ3) is 4.59. The Hall–Kier alpha value is -1.82. The lowest BCUT2D eigenvalue weighted by Crippen LogP contribution is -2.41. The monoisotopic (exact) mass is 321 g/mol. The Morgan fingerprint density at radius 1 is 1.32 bits per heavy atom. The Bertz CT molecular complexity index is 554. The van der Waals surface area contributed by atoms with Gasteiger partial charge in [0.25, 0.3) is 0 Å². The Balaban J connectivity index is 1.92. The van der Waals surface area contributed by atoms with Crippen molar-refractivity contribution >= 4 is 23.0 Å². The summed E-state index contributed by atoms with van der Waals surface area (Å²) in [5.41, 5.74) is 4.16. The average molecular weight is 321 g/mol. The number of methoxy groups -OCH3 is 1. The first-order valence-corrected chi connectivity index (χ1v) is 7.99. The quantitative estimate of drug-likeness (QED) is 0.452. The van der Waals surface area contributed by atoms with Crippen molar-refractivity contribution in [3.8, 4) is 11.5 Å². The molecule has 1 saturated carbocycles. The number of phenolic OH excluding ortho intramolecular Hbond substituents is 1. The highest BCUT2D eigenvalue weighted by Crippen LogP contribution is 2.23. The average Bonchev–Trinajstić information content (AvgIpc) is 2.53. The van der Waals surface area contributed by atoms with Crippen LogP contribution in [0.3, 0.4) is 0 Å². The second-order valence-electron chi connectivity index (χ2n) is 5.50. The lowest BCUT2D eigenvalue weighted by Gasteiger charge is -2.23. The van der Waals surface area contributed by atoms with Crippen LogP contribution in [0.25, 0.3) is 0 Å². The SMILES string of the molecule is COc1ccc(C(C)=NNC(=S)NC2CCCCC2)c(O)c1. The predicted octanol–water partition coefficient (Wildman–Crippen LogP) is 2.92. The van der Waals surface area contributed by atoms with Gasteiger partial charge in [0.1, 0.15) is 11.5 Å². The standard InChI is InChI=1S/C16H23N3O2S/c1-11(14-9-8-13(21-2)10-15(14)20)18-19-16(22)17-12-6-4-3-5-7-12/h8-10,12,20H,3-7H2,1-2H3,(H2,17,19,22). The van der Waals surface area contributed by atoms with Crippen LogP contribution >= 0.6 is 12.2 Å². The number of hydrazone groups is 1. The van der Waals surface area contributed by atoms with Crippen molar-refractivity contribution in [1.29, 1.82) is 0 Å². The molecule has 2 rings (SSSR count). The van der Waals surface area contributed by atoms with Gasteiger partial charge in [-0.25, -0.2) is 0 Å². The van der Waals surface area contributed by atoms with Crippen LogP contribution in [0.4, 0.5) is 0 Å². The molecule has 5 nitrogen and oxygen atoms in total. The number of benzene rings is 1. The molecule has 0 amide bonds. The largest absolute Gasteiger partial charge is 0.507 e. The van der Waals surface area contributed by atoms with Gasteiger partial charge in [-0.1, -0.05) is 19.3 Å². The summed E-state index contributed by atoms with van der Waals surface area (Å²) in [5, 5.41) is 18.0. The van der Waals surface area contributed by atoms with Crippen molar-refractivity contribution in [3.05, 3.63) is 23.8 Å². The van der Waals surface area contributed by atoms with E-state index in [1.165, 1.54) is 19.3 Å². The summed E-state index contributed by atoms with van der Waals surface area (Å²) in [4.78, 5) is 0. The molecule has 0 atom stereocenters. The molecule has 0 radical (unpaired) electrons. The maximum atomic E-state index is 9.98. The number of nitrogens with zero attached hydrogens (tertiary/aromatic N) is 1. The highest BCUT2D eigenvalue weighted by atomic mass is 32.1. The Morgan fingerprint density at radius 3 is 2.68 bits per heavy atom. The Morgan fingerprint density at radius 2 is 2.05 bits per heavy atom. The van der Waals surface area contributed by atoms with Gasteiger partial charge in [-0.2, -0.15) is 5.10 Å². The second-order valence-corrected chi connectivity index (χ2v) is 5.91. The third-order valence-corrected chi connectivity index (χ3v) is 4.07. The van der Waals surface area contributed by atoms with Crippen molar-refractivity contribution in [1.82, 2.24) is 10.7 Å². The van der Waals surface area contributed by atoms with Gasteiger partial charge in [0.15, 0.2) is 5.11 Å². The fourth-order valence-corrected chi connectivity index (χ4v) is 2.82. The molecule has 1 aromatic rings. The van der Waals surface area contributed by atoms with E-state index < -0.39 is 0 Å². The maximum Gasteiger partial charge on any atom is 0.187 e. The Kier molecular flexibility index (Phi) is 6.00. The number of hydrogen-bond acceptors (Lipinski definition) is 4. The number of rotatable bonds is 4. The molecular formula is C16H23N3O2S. The minimum absolute atomic E-state index is 0.133. The number of phenols is 1. The smallest absolute Gasteiger partial charge is 0.187 e. The van der Waals surface area contributed by atoms with Gasteiger partial charge < -0.3 is 15.2 Å². The van der Waals surface area contributed by atoms with Gasteiger partial charge in [-0.05, 0) is 44.1 Å². The predicted molar refractivity (Wildman–Crippen MR) is 92.6 cm³/mol. The van der Waals surface area contributed by atoms with Gasteiger partial charge in [-0.15, -0.1) is 0 Å². The van der Waals surface area contributed by atoms with Crippen molar-refractivity contribution < 1.29 is 9.84 Å². The van der Waals surface area contributed by atoms with Crippen LogP contribution in [0.5, 0.6) is 11.5 Å². The van der Waals surface area contributed by atoms with Crippen molar-refractivity contribution in [2.45, 2.75) is 45.1 Å². The highest BCUT2D eigenvalue weighted by Gasteiger charge is 2.13. The van der Waals surface area contributed by atoms with E-state index in [1.807, 2.05) is 6.92 Å². The topological polar surface area (TPSA) is 65.9 Å². The zero-order valence-corrected chi connectivity index (χ0v) is 13.9. The van der Waals surface area contributed by atoms with E-state index in [-0.39, 0.29) is 5.75 Å². The number of thiocarbonyl (C=S) groups is 1. The van der Waals surface area contributed by atoms with E-state index in [2.05, 4.69) is 15.8 Å².